The number of hydrogen-bond donors (Lipinski definition) is 1. The number of benzene rings is 1. The molecule has 128 valence electrons. The number of fused-ring (bicyclic) bond motifs is 1. The van der Waals surface area contributed by atoms with Gasteiger partial charge in [0, 0.05) is 5.56 Å². The van der Waals surface area contributed by atoms with E-state index in [0.29, 0.717) is 39.8 Å². The summed E-state index contributed by atoms with van der Waals surface area (Å²) < 4.78 is 21.5. The van der Waals surface area contributed by atoms with Crippen LogP contribution in [-0.2, 0) is 6.54 Å². The molecule has 1 N–H and O–H groups in total. The molecule has 25 heavy (non-hydrogen) atoms. The first-order valence-corrected chi connectivity index (χ1v) is 7.81. The van der Waals surface area contributed by atoms with Crippen molar-refractivity contribution in [3.8, 4) is 22.8 Å². The van der Waals surface area contributed by atoms with Crippen LogP contribution in [0, 0.1) is 13.8 Å². The van der Waals surface area contributed by atoms with Gasteiger partial charge >= 0.3 is 0 Å². The summed E-state index contributed by atoms with van der Waals surface area (Å²) in [6, 6.07) is 9.04. The molecule has 0 unspecified atom stereocenters. The van der Waals surface area contributed by atoms with Crippen LogP contribution in [-0.4, -0.2) is 17.9 Å². The number of nitrogens with one attached hydrogen (secondary N) is 1. The average molecular weight is 340 g/mol. The average Bonchev–Trinajstić information content (AvgIpc) is 3.31. The van der Waals surface area contributed by atoms with Crippen LogP contribution in [0.15, 0.2) is 39.3 Å². The highest BCUT2D eigenvalue weighted by atomic mass is 16.7. The van der Waals surface area contributed by atoms with Crippen molar-refractivity contribution in [1.82, 2.24) is 10.5 Å². The summed E-state index contributed by atoms with van der Waals surface area (Å²) in [5, 5.41) is 6.76. The first-order chi connectivity index (χ1) is 12.1. The number of rotatable bonds is 4. The predicted octanol–water partition coefficient (Wildman–Crippen LogP) is 3.21. The lowest BCUT2D eigenvalue weighted by atomic mass is 10.1. The summed E-state index contributed by atoms with van der Waals surface area (Å²) in [5.41, 5.74) is 1.60. The Morgan fingerprint density at radius 1 is 1.16 bits per heavy atom. The molecule has 7 nitrogen and oxygen atoms in total. The van der Waals surface area contributed by atoms with E-state index < -0.39 is 0 Å². The van der Waals surface area contributed by atoms with Crippen molar-refractivity contribution >= 4 is 5.91 Å². The van der Waals surface area contributed by atoms with Crippen LogP contribution < -0.4 is 14.8 Å². The number of hydrogen-bond acceptors (Lipinski definition) is 6. The molecule has 3 aromatic rings. The van der Waals surface area contributed by atoms with Crippen molar-refractivity contribution in [2.45, 2.75) is 20.4 Å². The topological polar surface area (TPSA) is 86.7 Å². The summed E-state index contributed by atoms with van der Waals surface area (Å²) in [5.74, 6) is 2.88. The Kier molecular flexibility index (Phi) is 3.68. The molecule has 0 saturated heterocycles. The van der Waals surface area contributed by atoms with Crippen molar-refractivity contribution in [3.63, 3.8) is 0 Å². The van der Waals surface area contributed by atoms with Crippen molar-refractivity contribution in [3.05, 3.63) is 53.1 Å². The summed E-state index contributed by atoms with van der Waals surface area (Å²) >= 11 is 0. The van der Waals surface area contributed by atoms with Gasteiger partial charge < -0.3 is 23.7 Å². The zero-order chi connectivity index (χ0) is 17.4. The molecule has 0 aliphatic carbocycles. The number of carbonyl (C=O) groups excluding carboxylic acids is 1. The van der Waals surface area contributed by atoms with Gasteiger partial charge in [-0.3, -0.25) is 4.79 Å². The zero-order valence-corrected chi connectivity index (χ0v) is 13.8. The Morgan fingerprint density at radius 3 is 2.80 bits per heavy atom. The van der Waals surface area contributed by atoms with Gasteiger partial charge in [-0.2, -0.15) is 0 Å². The highest BCUT2D eigenvalue weighted by Crippen LogP contribution is 2.37. The van der Waals surface area contributed by atoms with Gasteiger partial charge in [0.15, 0.2) is 17.3 Å². The molecule has 1 aromatic carbocycles. The van der Waals surface area contributed by atoms with Crippen LogP contribution in [0.2, 0.25) is 0 Å². The maximum atomic E-state index is 12.6. The molecule has 0 saturated carbocycles. The Balaban J connectivity index is 1.60. The van der Waals surface area contributed by atoms with Gasteiger partial charge in [-0.05, 0) is 44.2 Å². The van der Waals surface area contributed by atoms with Gasteiger partial charge in [-0.1, -0.05) is 5.16 Å². The molecule has 0 bridgehead atoms. The number of amides is 1. The van der Waals surface area contributed by atoms with E-state index >= 15 is 0 Å². The molecule has 0 fully saturated rings. The monoisotopic (exact) mass is 340 g/mol. The summed E-state index contributed by atoms with van der Waals surface area (Å²) in [6.07, 6.45) is 0. The van der Waals surface area contributed by atoms with Gasteiger partial charge in [-0.15, -0.1) is 0 Å². The number of carbonyl (C=O) groups is 1. The first kappa shape index (κ1) is 15.3. The summed E-state index contributed by atoms with van der Waals surface area (Å²) in [6.45, 7) is 4.06. The van der Waals surface area contributed by atoms with E-state index in [1.807, 2.05) is 19.1 Å². The fourth-order valence-electron chi connectivity index (χ4n) is 2.71. The maximum absolute atomic E-state index is 12.6. The van der Waals surface area contributed by atoms with Gasteiger partial charge in [0.25, 0.3) is 5.91 Å². The van der Waals surface area contributed by atoms with Crippen LogP contribution in [0.3, 0.4) is 0 Å². The fraction of sp³-hybridized carbons (Fsp3) is 0.222. The lowest BCUT2D eigenvalue weighted by Gasteiger charge is -2.05. The number of furan rings is 1. The molecule has 1 aliphatic rings. The van der Waals surface area contributed by atoms with Crippen LogP contribution in [0.4, 0.5) is 0 Å². The number of nitrogens with zero attached hydrogens (tertiary/aromatic N) is 1. The van der Waals surface area contributed by atoms with Crippen molar-refractivity contribution in [1.29, 1.82) is 0 Å². The van der Waals surface area contributed by atoms with E-state index in [4.69, 9.17) is 18.4 Å². The SMILES string of the molecule is Cc1ccc(CNC(=O)c2c(C)noc2-c2ccc3c(c2)OCO3)o1. The van der Waals surface area contributed by atoms with E-state index in [9.17, 15) is 4.79 Å². The highest BCUT2D eigenvalue weighted by Gasteiger charge is 2.24. The quantitative estimate of drug-likeness (QED) is 0.785. The second kappa shape index (κ2) is 6.01. The lowest BCUT2D eigenvalue weighted by Crippen LogP contribution is -2.23. The smallest absolute Gasteiger partial charge is 0.257 e. The minimum Gasteiger partial charge on any atom is -0.465 e. The molecule has 4 rings (SSSR count). The summed E-state index contributed by atoms with van der Waals surface area (Å²) in [4.78, 5) is 12.6. The zero-order valence-electron chi connectivity index (χ0n) is 13.8. The van der Waals surface area contributed by atoms with Gasteiger partial charge in [0.2, 0.25) is 6.79 Å². The van der Waals surface area contributed by atoms with Crippen molar-refractivity contribution in [2.24, 2.45) is 0 Å². The normalized spacial score (nSPS) is 12.4. The Bertz CT molecular complexity index is 941. The van der Waals surface area contributed by atoms with E-state index in [2.05, 4.69) is 10.5 Å². The van der Waals surface area contributed by atoms with Crippen LogP contribution >= 0.6 is 0 Å². The third-order valence-corrected chi connectivity index (χ3v) is 3.94. The standard InChI is InChI=1S/C18H16N2O5/c1-10-3-5-13(24-10)8-19-18(21)16-11(2)20-25-17(16)12-4-6-14-15(7-12)23-9-22-14/h3-7H,8-9H2,1-2H3,(H,19,21). The fourth-order valence-corrected chi connectivity index (χ4v) is 2.71. The third-order valence-electron chi connectivity index (χ3n) is 3.94. The predicted molar refractivity (Wildman–Crippen MR) is 87.4 cm³/mol. The molecule has 1 aliphatic heterocycles. The Labute approximate surface area is 143 Å². The number of ether oxygens (including phenoxy) is 2. The summed E-state index contributed by atoms with van der Waals surface area (Å²) in [7, 11) is 0. The molecule has 7 heteroatoms. The molecule has 0 spiro atoms. The minimum atomic E-state index is -0.277. The second-order valence-electron chi connectivity index (χ2n) is 5.74. The molecular formula is C18H16N2O5. The van der Waals surface area contributed by atoms with Gasteiger partial charge in [-0.25, -0.2) is 0 Å². The van der Waals surface area contributed by atoms with Crippen molar-refractivity contribution in [2.75, 3.05) is 6.79 Å². The van der Waals surface area contributed by atoms with Crippen LogP contribution in [0.1, 0.15) is 27.6 Å². The van der Waals surface area contributed by atoms with Crippen molar-refractivity contribution < 1.29 is 23.2 Å². The maximum Gasteiger partial charge on any atom is 0.257 e. The highest BCUT2D eigenvalue weighted by molar-refractivity contribution is 6.00. The molecule has 1 amide bonds. The molecule has 0 atom stereocenters. The van der Waals surface area contributed by atoms with Crippen LogP contribution in [0.25, 0.3) is 11.3 Å². The minimum absolute atomic E-state index is 0.185. The van der Waals surface area contributed by atoms with E-state index in [-0.39, 0.29) is 19.2 Å². The molecular weight excluding hydrogens is 324 g/mol. The Morgan fingerprint density at radius 2 is 2.00 bits per heavy atom. The number of aromatic nitrogens is 1. The first-order valence-electron chi connectivity index (χ1n) is 7.81. The number of aryl methyl sites for hydroxylation is 2. The molecule has 0 radical (unpaired) electrons. The van der Waals surface area contributed by atoms with Crippen LogP contribution in [0.5, 0.6) is 11.5 Å². The van der Waals surface area contributed by atoms with E-state index in [1.165, 1.54) is 0 Å². The van der Waals surface area contributed by atoms with Gasteiger partial charge in [0.05, 0.1) is 12.2 Å². The second-order valence-corrected chi connectivity index (χ2v) is 5.74. The molecule has 3 heterocycles. The Hall–Kier alpha value is -3.22. The van der Waals surface area contributed by atoms with Gasteiger partial charge in [0.1, 0.15) is 17.1 Å². The molecule has 2 aromatic heterocycles. The third kappa shape index (κ3) is 2.84. The van der Waals surface area contributed by atoms with E-state index in [0.717, 1.165) is 5.76 Å². The lowest BCUT2D eigenvalue weighted by molar-refractivity contribution is 0.0947. The van der Waals surface area contributed by atoms with E-state index in [1.54, 1.807) is 25.1 Å². The largest absolute Gasteiger partial charge is 0.465 e.